The van der Waals surface area contributed by atoms with E-state index in [4.69, 9.17) is 4.74 Å². The van der Waals surface area contributed by atoms with E-state index in [1.54, 1.807) is 18.5 Å². The van der Waals surface area contributed by atoms with Crippen LogP contribution in [-0.2, 0) is 19.1 Å². The number of fused-ring (bicyclic) bond motifs is 1. The zero-order valence-electron chi connectivity index (χ0n) is 17.3. The summed E-state index contributed by atoms with van der Waals surface area (Å²) in [7, 11) is 0. The normalized spacial score (nSPS) is 18.0. The van der Waals surface area contributed by atoms with Crippen LogP contribution in [-0.4, -0.2) is 28.8 Å². The second-order valence-corrected chi connectivity index (χ2v) is 7.82. The number of nitrogens with one attached hydrogen (secondary N) is 1. The molecule has 0 aliphatic heterocycles. The first kappa shape index (κ1) is 25.1. The molecule has 0 spiro atoms. The lowest BCUT2D eigenvalue weighted by atomic mass is 9.88. The van der Waals surface area contributed by atoms with Gasteiger partial charge in [-0.25, -0.2) is 8.78 Å². The van der Waals surface area contributed by atoms with Crippen LogP contribution in [0.2, 0.25) is 0 Å². The maximum Gasteiger partial charge on any atom is 0.419 e. The third-order valence-electron chi connectivity index (χ3n) is 5.67. The molecular weight excluding hydrogens is 467 g/mol. The van der Waals surface area contributed by atoms with Gasteiger partial charge < -0.3 is 15.2 Å². The van der Waals surface area contributed by atoms with Gasteiger partial charge in [-0.3, -0.25) is 4.98 Å². The van der Waals surface area contributed by atoms with Gasteiger partial charge in [0.2, 0.25) is 0 Å². The van der Waals surface area contributed by atoms with Crippen LogP contribution >= 0.6 is 12.4 Å². The smallest absolute Gasteiger partial charge is 0.419 e. The molecule has 4 nitrogen and oxygen atoms in total. The molecule has 0 saturated heterocycles. The van der Waals surface area contributed by atoms with Crippen LogP contribution < -0.4 is 10.1 Å². The first-order valence-electron chi connectivity index (χ1n) is 10.2. The first-order chi connectivity index (χ1) is 15.3. The minimum Gasteiger partial charge on any atom is -0.490 e. The van der Waals surface area contributed by atoms with Crippen LogP contribution in [0.5, 0.6) is 5.75 Å². The van der Waals surface area contributed by atoms with Gasteiger partial charge in [0.1, 0.15) is 23.5 Å². The number of hydrogen-bond acceptors (Lipinski definition) is 4. The van der Waals surface area contributed by atoms with Crippen molar-refractivity contribution in [3.05, 3.63) is 71.1 Å². The maximum absolute atomic E-state index is 14.7. The molecule has 4 rings (SSSR count). The second kappa shape index (κ2) is 10.2. The third-order valence-corrected chi connectivity index (χ3v) is 5.67. The minimum absolute atomic E-state index is 0. The van der Waals surface area contributed by atoms with E-state index >= 15 is 0 Å². The van der Waals surface area contributed by atoms with E-state index in [9.17, 15) is 27.1 Å². The van der Waals surface area contributed by atoms with Crippen molar-refractivity contribution < 1.29 is 31.8 Å². The SMILES string of the molecule is Cl.OCCc1cc(F)c(CNC2CC(Oc3ccc(F)c(C(F)(F)F)c3)C2)c2ccncc12. The lowest BCUT2D eigenvalue weighted by Gasteiger charge is -2.36. The average molecular weight is 489 g/mol. The summed E-state index contributed by atoms with van der Waals surface area (Å²) in [6, 6.07) is 5.74. The highest BCUT2D eigenvalue weighted by Crippen LogP contribution is 2.35. The molecule has 2 aromatic carbocycles. The van der Waals surface area contributed by atoms with Gasteiger partial charge in [-0.2, -0.15) is 13.2 Å². The van der Waals surface area contributed by atoms with Crippen LogP contribution in [0.15, 0.2) is 42.7 Å². The summed E-state index contributed by atoms with van der Waals surface area (Å²) in [5.74, 6) is -1.75. The van der Waals surface area contributed by atoms with Gasteiger partial charge in [0.05, 0.1) is 5.56 Å². The van der Waals surface area contributed by atoms with E-state index in [-0.39, 0.29) is 49.3 Å². The van der Waals surface area contributed by atoms with E-state index in [0.717, 1.165) is 11.5 Å². The zero-order valence-corrected chi connectivity index (χ0v) is 18.1. The van der Waals surface area contributed by atoms with Gasteiger partial charge >= 0.3 is 6.18 Å². The largest absolute Gasteiger partial charge is 0.490 e. The molecule has 1 heterocycles. The molecule has 0 amide bonds. The van der Waals surface area contributed by atoms with Crippen LogP contribution in [0.3, 0.4) is 0 Å². The summed E-state index contributed by atoms with van der Waals surface area (Å²) in [5, 5.41) is 14.0. The highest BCUT2D eigenvalue weighted by atomic mass is 35.5. The van der Waals surface area contributed by atoms with E-state index in [2.05, 4.69) is 10.3 Å². The van der Waals surface area contributed by atoms with Crippen LogP contribution in [0.1, 0.15) is 29.5 Å². The maximum atomic E-state index is 14.7. The molecule has 10 heteroatoms. The van der Waals surface area contributed by atoms with Gasteiger partial charge in [0, 0.05) is 42.5 Å². The van der Waals surface area contributed by atoms with Crippen LogP contribution in [0.25, 0.3) is 10.8 Å². The quantitative estimate of drug-likeness (QED) is 0.450. The Morgan fingerprint density at radius 3 is 2.52 bits per heavy atom. The van der Waals surface area contributed by atoms with Crippen molar-refractivity contribution >= 4 is 23.2 Å². The Hall–Kier alpha value is -2.49. The highest BCUT2D eigenvalue weighted by molar-refractivity contribution is 5.88. The van der Waals surface area contributed by atoms with Crippen LogP contribution in [0.4, 0.5) is 22.0 Å². The summed E-state index contributed by atoms with van der Waals surface area (Å²) in [6.07, 6.45) is -0.481. The van der Waals surface area contributed by atoms with Gasteiger partial charge in [0.25, 0.3) is 0 Å². The van der Waals surface area contributed by atoms with Crippen molar-refractivity contribution in [2.45, 2.75) is 44.1 Å². The Morgan fingerprint density at radius 1 is 1.06 bits per heavy atom. The molecule has 1 aliphatic carbocycles. The number of aliphatic hydroxyl groups is 1. The summed E-state index contributed by atoms with van der Waals surface area (Å²) in [4.78, 5) is 4.09. The van der Waals surface area contributed by atoms with Gasteiger partial charge in [-0.1, -0.05) is 0 Å². The third kappa shape index (κ3) is 5.54. The number of benzene rings is 2. The molecular formula is C23H22ClF5N2O2. The Kier molecular flexibility index (Phi) is 7.76. The molecule has 1 saturated carbocycles. The summed E-state index contributed by atoms with van der Waals surface area (Å²) in [5.41, 5.74) is -0.182. The van der Waals surface area contributed by atoms with Crippen molar-refractivity contribution in [3.63, 3.8) is 0 Å². The fraction of sp³-hybridized carbons (Fsp3) is 0.348. The van der Waals surface area contributed by atoms with Crippen molar-refractivity contribution in [2.24, 2.45) is 0 Å². The Morgan fingerprint density at radius 2 is 1.82 bits per heavy atom. The van der Waals surface area contributed by atoms with Crippen molar-refractivity contribution in [3.8, 4) is 5.75 Å². The van der Waals surface area contributed by atoms with Crippen molar-refractivity contribution in [1.29, 1.82) is 0 Å². The van der Waals surface area contributed by atoms with Gasteiger partial charge in [0.15, 0.2) is 0 Å². The van der Waals surface area contributed by atoms with Gasteiger partial charge in [-0.05, 0) is 60.5 Å². The Labute approximate surface area is 193 Å². The summed E-state index contributed by atoms with van der Waals surface area (Å²) >= 11 is 0. The second-order valence-electron chi connectivity index (χ2n) is 7.82. The Bertz CT molecular complexity index is 1120. The van der Waals surface area contributed by atoms with Gasteiger partial charge in [-0.15, -0.1) is 12.4 Å². The van der Waals surface area contributed by atoms with E-state index in [1.165, 1.54) is 12.1 Å². The van der Waals surface area contributed by atoms with E-state index in [0.29, 0.717) is 41.8 Å². The number of pyridine rings is 1. The fourth-order valence-electron chi connectivity index (χ4n) is 3.93. The molecule has 33 heavy (non-hydrogen) atoms. The number of hydrogen-bond donors (Lipinski definition) is 2. The number of aliphatic hydroxyl groups excluding tert-OH is 1. The van der Waals surface area contributed by atoms with Crippen molar-refractivity contribution in [2.75, 3.05) is 6.61 Å². The molecule has 3 aromatic rings. The lowest BCUT2D eigenvalue weighted by Crippen LogP contribution is -2.46. The first-order valence-corrected chi connectivity index (χ1v) is 10.2. The summed E-state index contributed by atoms with van der Waals surface area (Å²) in [6.45, 7) is 0.168. The molecule has 1 fully saturated rings. The molecule has 2 N–H and O–H groups in total. The standard InChI is InChI=1S/C23H21F5N2O2.ClH/c24-21-2-1-15(10-20(21)23(26,27)28)32-16-8-14(9-16)30-12-19-17-3-5-29-11-18(17)13(4-6-31)7-22(19)25;/h1-3,5,7,10-11,14,16,30-31H,4,6,8-9,12H2;1H. The number of halogens is 6. The topological polar surface area (TPSA) is 54.4 Å². The zero-order chi connectivity index (χ0) is 22.9. The minimum atomic E-state index is -4.79. The van der Waals surface area contributed by atoms with Crippen molar-refractivity contribution in [1.82, 2.24) is 10.3 Å². The van der Waals surface area contributed by atoms with E-state index < -0.39 is 17.6 Å². The van der Waals surface area contributed by atoms with E-state index in [1.807, 2.05) is 0 Å². The molecule has 178 valence electrons. The number of ether oxygens (including phenoxy) is 1. The average Bonchev–Trinajstić information content (AvgIpc) is 2.71. The molecule has 0 bridgehead atoms. The lowest BCUT2D eigenvalue weighted by molar-refractivity contribution is -0.140. The predicted octanol–water partition coefficient (Wildman–Crippen LogP) is 5.19. The molecule has 1 aromatic heterocycles. The van der Waals surface area contributed by atoms with Crippen LogP contribution in [0, 0.1) is 11.6 Å². The number of nitrogens with zero attached hydrogens (tertiary/aromatic N) is 1. The number of aromatic nitrogens is 1. The number of alkyl halides is 3. The summed E-state index contributed by atoms with van der Waals surface area (Å²) < 4.78 is 72.2. The molecule has 0 radical (unpaired) electrons. The number of rotatable bonds is 7. The molecule has 0 unspecified atom stereocenters. The Balaban J connectivity index is 0.00000306. The predicted molar refractivity (Wildman–Crippen MR) is 115 cm³/mol. The molecule has 0 atom stereocenters. The highest BCUT2D eigenvalue weighted by Gasteiger charge is 2.35. The molecule has 1 aliphatic rings. The fourth-order valence-corrected chi connectivity index (χ4v) is 3.93. The monoisotopic (exact) mass is 488 g/mol.